The zero-order valence-corrected chi connectivity index (χ0v) is 40.4. The summed E-state index contributed by atoms with van der Waals surface area (Å²) in [5.41, 5.74) is 2.16. The van der Waals surface area contributed by atoms with Crippen molar-refractivity contribution in [2.75, 3.05) is 52.0 Å². The highest BCUT2D eigenvalue weighted by molar-refractivity contribution is 6.03. The Morgan fingerprint density at radius 1 is 0.828 bits per heavy atom. The Balaban J connectivity index is 1.45. The standard InChI is InChI=1S/C49H75N7O8/c1-12-48(8,34-46(4,5)43(58)51-29-26-47(6,7)64-31-27-49(9,13-2)62-11)44(59)55-33-35-21-15-16-22-36(35)41-40(37-23-17-18-25-39(37)55)53-54-56(41)30-32-63-45(60)52-28-20-19-24-38(50-14-3)42(57)61-10/h15-18,21-23,25,38,50H,12-14,19-20,24,26-34H2,1-11H3,(H,51,58)(H,52,60). The van der Waals surface area contributed by atoms with Gasteiger partial charge < -0.3 is 39.8 Å². The summed E-state index contributed by atoms with van der Waals surface area (Å²) in [7, 11) is 3.11. The van der Waals surface area contributed by atoms with Gasteiger partial charge in [0.2, 0.25) is 11.8 Å². The molecule has 15 heteroatoms. The fourth-order valence-corrected chi connectivity index (χ4v) is 8.27. The number of hydrogen-bond acceptors (Lipinski definition) is 11. The molecule has 0 radical (unpaired) electrons. The first-order valence-electron chi connectivity index (χ1n) is 23.0. The number of methoxy groups -OCH3 is 2. The average molecular weight is 890 g/mol. The molecule has 0 spiro atoms. The Morgan fingerprint density at radius 2 is 1.53 bits per heavy atom. The molecule has 3 unspecified atom stereocenters. The molecule has 0 fully saturated rings. The minimum atomic E-state index is -0.895. The summed E-state index contributed by atoms with van der Waals surface area (Å²) in [6, 6.07) is 15.2. The number of carbonyl (C=O) groups is 4. The van der Waals surface area contributed by atoms with Gasteiger partial charge >= 0.3 is 12.1 Å². The second-order valence-corrected chi connectivity index (χ2v) is 18.6. The minimum absolute atomic E-state index is 0.0537. The van der Waals surface area contributed by atoms with Crippen molar-refractivity contribution in [1.82, 2.24) is 30.9 Å². The molecule has 3 amide bonds. The number of aromatic nitrogens is 3. The Hall–Kier alpha value is -4.86. The normalized spacial score (nSPS) is 15.0. The molecule has 2 aromatic carbocycles. The lowest BCUT2D eigenvalue weighted by Crippen LogP contribution is -2.48. The van der Waals surface area contributed by atoms with Gasteiger partial charge in [-0.1, -0.05) is 89.2 Å². The maximum atomic E-state index is 15.1. The molecule has 1 aromatic heterocycles. The topological polar surface area (TPSA) is 175 Å². The molecule has 2 heterocycles. The molecule has 0 saturated carbocycles. The van der Waals surface area contributed by atoms with E-state index in [2.05, 4.69) is 40.1 Å². The number of benzene rings is 2. The molecule has 354 valence electrons. The molecule has 0 aliphatic carbocycles. The molecular weight excluding hydrogens is 815 g/mol. The fraction of sp³-hybridized carbons (Fsp3) is 0.633. The first-order chi connectivity index (χ1) is 30.4. The fourth-order valence-electron chi connectivity index (χ4n) is 8.27. The third kappa shape index (κ3) is 13.6. The lowest BCUT2D eigenvalue weighted by atomic mass is 9.71. The first-order valence-corrected chi connectivity index (χ1v) is 23.0. The molecule has 1 aliphatic rings. The molecule has 4 rings (SSSR count). The van der Waals surface area contributed by atoms with E-state index in [1.807, 2.05) is 102 Å². The van der Waals surface area contributed by atoms with Gasteiger partial charge in [0.1, 0.15) is 18.3 Å². The summed E-state index contributed by atoms with van der Waals surface area (Å²) in [5, 5.41) is 18.3. The van der Waals surface area contributed by atoms with Crippen LogP contribution < -0.4 is 20.9 Å². The number of unbranched alkanes of at least 4 members (excludes halogenated alkanes) is 1. The van der Waals surface area contributed by atoms with Gasteiger partial charge in [-0.05, 0) is 90.3 Å². The second-order valence-electron chi connectivity index (χ2n) is 18.6. The molecule has 1 aliphatic heterocycles. The molecule has 15 nitrogen and oxygen atoms in total. The number of esters is 1. The van der Waals surface area contributed by atoms with Crippen molar-refractivity contribution in [1.29, 1.82) is 0 Å². The number of alkyl carbamates (subject to hydrolysis) is 1. The van der Waals surface area contributed by atoms with Crippen LogP contribution in [0, 0.1) is 10.8 Å². The maximum Gasteiger partial charge on any atom is 0.407 e. The summed E-state index contributed by atoms with van der Waals surface area (Å²) in [6.45, 7) is 20.6. The summed E-state index contributed by atoms with van der Waals surface area (Å²) in [5.74, 6) is -0.489. The van der Waals surface area contributed by atoms with Crippen molar-refractivity contribution >= 4 is 29.6 Å². The van der Waals surface area contributed by atoms with Crippen LogP contribution in [0.4, 0.5) is 10.5 Å². The summed E-state index contributed by atoms with van der Waals surface area (Å²) in [4.78, 5) is 55.4. The maximum absolute atomic E-state index is 15.1. The van der Waals surface area contributed by atoms with Crippen molar-refractivity contribution in [2.45, 2.75) is 144 Å². The number of para-hydroxylation sites is 1. The van der Waals surface area contributed by atoms with Crippen molar-refractivity contribution in [3.63, 3.8) is 0 Å². The number of fused-ring (bicyclic) bond motifs is 5. The molecule has 3 aromatic rings. The predicted octanol–water partition coefficient (Wildman–Crippen LogP) is 7.85. The molecule has 3 atom stereocenters. The molecule has 0 bridgehead atoms. The van der Waals surface area contributed by atoms with Gasteiger partial charge in [0.15, 0.2) is 0 Å². The summed E-state index contributed by atoms with van der Waals surface area (Å²) >= 11 is 0. The predicted molar refractivity (Wildman–Crippen MR) is 250 cm³/mol. The van der Waals surface area contributed by atoms with Gasteiger partial charge in [0.05, 0.1) is 49.4 Å². The third-order valence-electron chi connectivity index (χ3n) is 12.8. The summed E-state index contributed by atoms with van der Waals surface area (Å²) < 4.78 is 24.1. The van der Waals surface area contributed by atoms with Crippen LogP contribution in [0.2, 0.25) is 0 Å². The molecular formula is C49H75N7O8. The lowest BCUT2D eigenvalue weighted by Gasteiger charge is -2.40. The number of amides is 3. The van der Waals surface area contributed by atoms with Crippen molar-refractivity contribution in [3.05, 3.63) is 54.1 Å². The van der Waals surface area contributed by atoms with Gasteiger partial charge in [-0.3, -0.25) is 14.4 Å². The number of ether oxygens (including phenoxy) is 4. The van der Waals surface area contributed by atoms with E-state index >= 15 is 4.79 Å². The van der Waals surface area contributed by atoms with E-state index in [-0.39, 0.29) is 49.1 Å². The zero-order chi connectivity index (χ0) is 47.1. The third-order valence-corrected chi connectivity index (χ3v) is 12.8. The van der Waals surface area contributed by atoms with E-state index in [0.717, 1.165) is 41.6 Å². The van der Waals surface area contributed by atoms with Gasteiger partial charge in [-0.25, -0.2) is 9.48 Å². The van der Waals surface area contributed by atoms with Crippen LogP contribution in [-0.4, -0.2) is 103 Å². The molecule has 64 heavy (non-hydrogen) atoms. The van der Waals surface area contributed by atoms with Crippen LogP contribution >= 0.6 is 0 Å². The van der Waals surface area contributed by atoms with E-state index in [4.69, 9.17) is 18.9 Å². The van der Waals surface area contributed by atoms with Gasteiger partial charge in [0, 0.05) is 42.2 Å². The van der Waals surface area contributed by atoms with E-state index in [1.165, 1.54) is 7.11 Å². The highest BCUT2D eigenvalue weighted by Crippen LogP contribution is 2.45. The highest BCUT2D eigenvalue weighted by atomic mass is 16.5. The Labute approximate surface area is 381 Å². The van der Waals surface area contributed by atoms with Crippen molar-refractivity contribution < 1.29 is 38.1 Å². The van der Waals surface area contributed by atoms with Gasteiger partial charge in [-0.15, -0.1) is 5.10 Å². The van der Waals surface area contributed by atoms with E-state index in [0.29, 0.717) is 69.7 Å². The first kappa shape index (κ1) is 51.8. The molecule has 0 saturated heterocycles. The minimum Gasteiger partial charge on any atom is -0.468 e. The van der Waals surface area contributed by atoms with Crippen LogP contribution in [0.15, 0.2) is 48.5 Å². The van der Waals surface area contributed by atoms with E-state index in [9.17, 15) is 14.4 Å². The molecule has 3 N–H and O–H groups in total. The van der Waals surface area contributed by atoms with Crippen LogP contribution in [0.3, 0.4) is 0 Å². The number of anilines is 1. The van der Waals surface area contributed by atoms with Crippen LogP contribution in [0.1, 0.15) is 119 Å². The Morgan fingerprint density at radius 3 is 2.20 bits per heavy atom. The van der Waals surface area contributed by atoms with Crippen molar-refractivity contribution in [3.8, 4) is 22.5 Å². The smallest absolute Gasteiger partial charge is 0.407 e. The summed E-state index contributed by atoms with van der Waals surface area (Å²) in [6.07, 6.45) is 4.61. The SMILES string of the molecule is CCNC(CCCCNC(=O)OCCn1nnc2c1-c1ccccc1CN(C(=O)C(C)(CC)CC(C)(C)C(=O)NCCC(C)(C)OCCC(C)(CC)OC)c1ccccc1-2)C(=O)OC. The van der Waals surface area contributed by atoms with Crippen molar-refractivity contribution in [2.24, 2.45) is 10.8 Å². The number of nitrogens with one attached hydrogen (secondary N) is 3. The number of nitrogens with zero attached hydrogens (tertiary/aromatic N) is 4. The number of rotatable bonds is 25. The lowest BCUT2D eigenvalue weighted by molar-refractivity contribution is -0.143. The largest absolute Gasteiger partial charge is 0.468 e. The Bertz CT molecular complexity index is 2010. The number of hydrogen-bond donors (Lipinski definition) is 3. The van der Waals surface area contributed by atoms with Gasteiger partial charge in [-0.2, -0.15) is 0 Å². The Kier molecular flexibility index (Phi) is 18.9. The van der Waals surface area contributed by atoms with Crippen LogP contribution in [0.5, 0.6) is 0 Å². The van der Waals surface area contributed by atoms with E-state index in [1.54, 1.807) is 11.8 Å². The zero-order valence-electron chi connectivity index (χ0n) is 40.4. The second kappa shape index (κ2) is 23.4. The quantitative estimate of drug-likeness (QED) is 0.0558. The van der Waals surface area contributed by atoms with Crippen LogP contribution in [-0.2, 0) is 46.4 Å². The monoisotopic (exact) mass is 890 g/mol. The number of likely N-dealkylation sites (N-methyl/N-ethyl adjacent to an activating group) is 1. The average Bonchev–Trinajstić information content (AvgIpc) is 3.69. The van der Waals surface area contributed by atoms with Crippen LogP contribution in [0.25, 0.3) is 22.5 Å². The van der Waals surface area contributed by atoms with Gasteiger partial charge in [0.25, 0.3) is 0 Å². The number of carbonyl (C=O) groups excluding carboxylic acids is 4. The highest BCUT2D eigenvalue weighted by Gasteiger charge is 2.44. The van der Waals surface area contributed by atoms with E-state index < -0.39 is 22.5 Å².